The van der Waals surface area contributed by atoms with Crippen molar-refractivity contribution in [3.63, 3.8) is 0 Å². The lowest BCUT2D eigenvalue weighted by Crippen LogP contribution is -2.50. The number of carboxylic acid groups (broad SMARTS) is 1. The molecule has 1 saturated heterocycles. The largest absolute Gasteiger partial charge is 0.481 e. The van der Waals surface area contributed by atoms with Gasteiger partial charge in [0.1, 0.15) is 0 Å². The molecule has 1 heterocycles. The highest BCUT2D eigenvalue weighted by Crippen LogP contribution is 2.33. The number of nitro groups is 1. The molecule has 1 aromatic rings. The summed E-state index contributed by atoms with van der Waals surface area (Å²) >= 11 is 5.64. The van der Waals surface area contributed by atoms with Crippen LogP contribution in [0.2, 0.25) is 5.02 Å². The van der Waals surface area contributed by atoms with Crippen LogP contribution in [0.4, 0.5) is 5.69 Å². The number of nitrogens with zero attached hydrogens (tertiary/aromatic N) is 2. The fourth-order valence-electron chi connectivity index (χ4n) is 2.09. The molecule has 0 atom stereocenters. The number of nitro benzene ring substituents is 1. The predicted octanol–water partition coefficient (Wildman–Crippen LogP) is 1.34. The van der Waals surface area contributed by atoms with Crippen LogP contribution in [0.5, 0.6) is 0 Å². The van der Waals surface area contributed by atoms with E-state index in [9.17, 15) is 23.3 Å². The third-order valence-corrected chi connectivity index (χ3v) is 5.24. The average Bonchev–Trinajstić information content (AvgIpc) is 2.32. The van der Waals surface area contributed by atoms with Crippen LogP contribution in [0, 0.1) is 16.0 Å². The molecule has 1 aliphatic rings. The molecule has 1 N–H and O–H groups in total. The first-order valence-corrected chi connectivity index (χ1v) is 7.69. The van der Waals surface area contributed by atoms with Crippen LogP contribution < -0.4 is 0 Å². The molecule has 0 spiro atoms. The minimum Gasteiger partial charge on any atom is -0.481 e. The maximum Gasteiger partial charge on any atom is 0.303 e. The molecule has 0 radical (unpaired) electrons. The third-order valence-electron chi connectivity index (χ3n) is 3.12. The van der Waals surface area contributed by atoms with E-state index in [1.165, 1.54) is 6.07 Å². The molecule has 0 amide bonds. The SMILES string of the molecule is O=C(O)CC1CN(S(=O)(=O)c2ccc(Cl)cc2[N+](=O)[O-])C1. The number of halogens is 1. The number of rotatable bonds is 5. The molecule has 114 valence electrons. The summed E-state index contributed by atoms with van der Waals surface area (Å²) in [4.78, 5) is 20.2. The standard InChI is InChI=1S/C11H11ClN2O6S/c12-8-1-2-10(9(4-8)14(17)18)21(19,20)13-5-7(6-13)3-11(15)16/h1-2,4,7H,3,5-6H2,(H,15,16). The van der Waals surface area contributed by atoms with Crippen LogP contribution in [0.25, 0.3) is 0 Å². The summed E-state index contributed by atoms with van der Waals surface area (Å²) in [5.41, 5.74) is -0.593. The number of hydrogen-bond donors (Lipinski definition) is 1. The van der Waals surface area contributed by atoms with E-state index in [-0.39, 0.29) is 30.5 Å². The van der Waals surface area contributed by atoms with Crippen LogP contribution in [0.3, 0.4) is 0 Å². The van der Waals surface area contributed by atoms with E-state index < -0.39 is 31.5 Å². The Hall–Kier alpha value is -1.71. The van der Waals surface area contributed by atoms with E-state index in [0.29, 0.717) is 0 Å². The fraction of sp³-hybridized carbons (Fsp3) is 0.364. The lowest BCUT2D eigenvalue weighted by atomic mass is 10.00. The summed E-state index contributed by atoms with van der Waals surface area (Å²) in [6.45, 7) is 0.0723. The Bertz CT molecular complexity index is 699. The third kappa shape index (κ3) is 3.14. The van der Waals surface area contributed by atoms with Crippen LogP contribution in [0.1, 0.15) is 6.42 Å². The van der Waals surface area contributed by atoms with Crippen molar-refractivity contribution in [3.05, 3.63) is 33.3 Å². The number of sulfonamides is 1. The molecule has 10 heteroatoms. The van der Waals surface area contributed by atoms with Gasteiger partial charge >= 0.3 is 5.97 Å². The van der Waals surface area contributed by atoms with Gasteiger partial charge in [0.2, 0.25) is 10.0 Å². The van der Waals surface area contributed by atoms with Crippen molar-refractivity contribution >= 4 is 33.3 Å². The molecule has 0 saturated carbocycles. The molecule has 0 bridgehead atoms. The minimum atomic E-state index is -4.02. The minimum absolute atomic E-state index is 0.0361. The van der Waals surface area contributed by atoms with Crippen LogP contribution in [-0.4, -0.2) is 41.8 Å². The zero-order valence-electron chi connectivity index (χ0n) is 10.6. The van der Waals surface area contributed by atoms with Crippen molar-refractivity contribution in [1.29, 1.82) is 0 Å². The lowest BCUT2D eigenvalue weighted by Gasteiger charge is -2.37. The lowest BCUT2D eigenvalue weighted by molar-refractivity contribution is -0.387. The van der Waals surface area contributed by atoms with Gasteiger partial charge in [-0.25, -0.2) is 8.42 Å². The summed E-state index contributed by atoms with van der Waals surface area (Å²) in [6.07, 6.45) is -0.130. The van der Waals surface area contributed by atoms with Gasteiger partial charge in [-0.05, 0) is 18.1 Å². The van der Waals surface area contributed by atoms with Gasteiger partial charge in [0.15, 0.2) is 4.90 Å². The fourth-order valence-corrected chi connectivity index (χ4v) is 3.98. The van der Waals surface area contributed by atoms with Crippen molar-refractivity contribution in [2.45, 2.75) is 11.3 Å². The Kier molecular flexibility index (Phi) is 4.17. The van der Waals surface area contributed by atoms with Gasteiger partial charge < -0.3 is 5.11 Å². The summed E-state index contributed by atoms with van der Waals surface area (Å²) in [5, 5.41) is 19.6. The second-order valence-electron chi connectivity index (χ2n) is 4.66. The van der Waals surface area contributed by atoms with Crippen molar-refractivity contribution in [2.24, 2.45) is 5.92 Å². The number of benzene rings is 1. The Balaban J connectivity index is 2.26. The van der Waals surface area contributed by atoms with Gasteiger partial charge in [0.05, 0.1) is 11.3 Å². The normalized spacial score (nSPS) is 16.4. The monoisotopic (exact) mass is 334 g/mol. The van der Waals surface area contributed by atoms with E-state index in [1.807, 2.05) is 0 Å². The van der Waals surface area contributed by atoms with Gasteiger partial charge in [0.25, 0.3) is 5.69 Å². The summed E-state index contributed by atoms with van der Waals surface area (Å²) in [5.74, 6) is -1.28. The first-order chi connectivity index (χ1) is 9.71. The highest BCUT2D eigenvalue weighted by atomic mass is 35.5. The van der Waals surface area contributed by atoms with Gasteiger partial charge in [-0.3, -0.25) is 14.9 Å². The zero-order valence-corrected chi connectivity index (χ0v) is 12.2. The maximum atomic E-state index is 12.3. The Morgan fingerprint density at radius 2 is 2.10 bits per heavy atom. The highest BCUT2D eigenvalue weighted by Gasteiger charge is 2.40. The van der Waals surface area contributed by atoms with E-state index in [4.69, 9.17) is 16.7 Å². The van der Waals surface area contributed by atoms with Crippen molar-refractivity contribution in [3.8, 4) is 0 Å². The Labute approximate surface area is 125 Å². The molecule has 2 rings (SSSR count). The van der Waals surface area contributed by atoms with E-state index in [0.717, 1.165) is 16.4 Å². The van der Waals surface area contributed by atoms with Crippen LogP contribution >= 0.6 is 11.6 Å². The van der Waals surface area contributed by atoms with Gasteiger partial charge in [-0.15, -0.1) is 0 Å². The topological polar surface area (TPSA) is 118 Å². The van der Waals surface area contributed by atoms with Gasteiger partial charge in [0, 0.05) is 24.2 Å². The molecule has 8 nitrogen and oxygen atoms in total. The predicted molar refractivity (Wildman–Crippen MR) is 72.6 cm³/mol. The summed E-state index contributed by atoms with van der Waals surface area (Å²) in [6, 6.07) is 3.32. The van der Waals surface area contributed by atoms with Crippen LogP contribution in [0.15, 0.2) is 23.1 Å². The van der Waals surface area contributed by atoms with E-state index in [2.05, 4.69) is 0 Å². The molecule has 1 aromatic carbocycles. The number of aliphatic carboxylic acids is 1. The molecule has 0 aliphatic carbocycles. The van der Waals surface area contributed by atoms with Crippen molar-refractivity contribution in [2.75, 3.05) is 13.1 Å². The number of carboxylic acids is 1. The molecule has 0 aromatic heterocycles. The smallest absolute Gasteiger partial charge is 0.303 e. The first kappa shape index (κ1) is 15.7. The molecule has 1 aliphatic heterocycles. The summed E-state index contributed by atoms with van der Waals surface area (Å²) in [7, 11) is -4.02. The Morgan fingerprint density at radius 3 is 2.62 bits per heavy atom. The van der Waals surface area contributed by atoms with E-state index >= 15 is 0 Å². The zero-order chi connectivity index (χ0) is 15.8. The van der Waals surface area contributed by atoms with Gasteiger partial charge in [-0.1, -0.05) is 11.6 Å². The highest BCUT2D eigenvalue weighted by molar-refractivity contribution is 7.89. The first-order valence-electron chi connectivity index (χ1n) is 5.87. The number of carbonyl (C=O) groups is 1. The van der Waals surface area contributed by atoms with Crippen molar-refractivity contribution < 1.29 is 23.2 Å². The van der Waals surface area contributed by atoms with Crippen LogP contribution in [-0.2, 0) is 14.8 Å². The maximum absolute atomic E-state index is 12.3. The summed E-state index contributed by atoms with van der Waals surface area (Å²) < 4.78 is 25.7. The molecular formula is C11H11ClN2O6S. The molecular weight excluding hydrogens is 324 g/mol. The quantitative estimate of drug-likeness (QED) is 0.641. The molecule has 1 fully saturated rings. The molecule has 21 heavy (non-hydrogen) atoms. The van der Waals surface area contributed by atoms with Gasteiger partial charge in [-0.2, -0.15) is 4.31 Å². The van der Waals surface area contributed by atoms with E-state index in [1.54, 1.807) is 0 Å². The number of hydrogen-bond acceptors (Lipinski definition) is 5. The second-order valence-corrected chi connectivity index (χ2v) is 7.00. The Morgan fingerprint density at radius 1 is 1.48 bits per heavy atom. The average molecular weight is 335 g/mol. The second kappa shape index (κ2) is 5.58. The molecule has 0 unspecified atom stereocenters. The van der Waals surface area contributed by atoms with Crippen molar-refractivity contribution in [1.82, 2.24) is 4.31 Å².